The number of anilines is 2. The van der Waals surface area contributed by atoms with Gasteiger partial charge < -0.3 is 80.4 Å². The summed E-state index contributed by atoms with van der Waals surface area (Å²) in [6.07, 6.45) is -7.27. The first-order valence-corrected chi connectivity index (χ1v) is 24.6. The highest BCUT2D eigenvalue weighted by Gasteiger charge is 2.44. The molecule has 11 N–H and O–H groups in total. The van der Waals surface area contributed by atoms with E-state index in [0.29, 0.717) is 32.3 Å². The lowest BCUT2D eigenvalue weighted by Crippen LogP contribution is -2.48. The number of fused-ring (bicyclic) bond motifs is 4. The van der Waals surface area contributed by atoms with Gasteiger partial charge in [0.25, 0.3) is 11.8 Å². The van der Waals surface area contributed by atoms with E-state index in [0.717, 1.165) is 6.07 Å². The summed E-state index contributed by atoms with van der Waals surface area (Å²) >= 11 is 0. The van der Waals surface area contributed by atoms with E-state index < -0.39 is 117 Å². The summed E-state index contributed by atoms with van der Waals surface area (Å²) in [5, 5.41) is 50.4. The van der Waals surface area contributed by atoms with Crippen LogP contribution in [0, 0.1) is 10.8 Å². The zero-order chi connectivity index (χ0) is 59.8. The van der Waals surface area contributed by atoms with Crippen molar-refractivity contribution in [3.8, 4) is 23.0 Å². The van der Waals surface area contributed by atoms with Crippen LogP contribution >= 0.6 is 0 Å². The molecule has 4 aromatic carbocycles. The third kappa shape index (κ3) is 16.4. The van der Waals surface area contributed by atoms with Gasteiger partial charge in [-0.05, 0) is 97.5 Å². The molecule has 0 fully saturated rings. The highest BCUT2D eigenvalue weighted by molar-refractivity contribution is 6.03. The second-order valence-corrected chi connectivity index (χ2v) is 17.8. The Kier molecular flexibility index (Phi) is 20.8. The SMILES string of the molecule is N=C(N)Nc1ccc2c(c1)CCCOc1c(cccc1C(=O)N(CCOCCOCCN(C(=O)c1cccc3c1OCCCc1cc(NC(=N)N)ccc1C(=O)O3)[C@@H](CC(=O)OC(=O)C(F)(F)F)C(=O)O)[C@@H](CC(=O)O)C(=O)O)OC2=O. The number of amides is 2. The molecule has 0 bridgehead atoms. The number of aryl methyl sites for hydroxylation is 2. The van der Waals surface area contributed by atoms with Crippen LogP contribution in [0.2, 0.25) is 0 Å². The zero-order valence-electron chi connectivity index (χ0n) is 43.0. The number of halogens is 3. The molecule has 27 nitrogen and oxygen atoms in total. The van der Waals surface area contributed by atoms with Gasteiger partial charge in [0.05, 0.1) is 74.7 Å². The summed E-state index contributed by atoms with van der Waals surface area (Å²) in [4.78, 5) is 118. The standard InChI is InChI=1S/C52H53F3N8O19/c53-52(54,55)49(75)82-40(66)26-36(46(71)72)63(44(68)34-8-2-10-38-42(34)79-18-4-6-28-24-30(61-51(58)59)12-14-32(28)48(74)81-38)16-20-77-22-21-76-19-15-62(35(45(69)70)25-39(64)65)43(67)33-7-1-9-37-41(33)78-17-3-5-27-23-29(60-50(56)57)11-13-31(27)47(73)80-37/h1-2,7-14,23-24,35-36H,3-6,15-22,25-26H2,(H,64,65)(H,69,70)(H,71,72)(H4,56,57,60)(H4,58,59,61)/t35-,36-/m0/s1. The Morgan fingerprint density at radius 1 is 0.634 bits per heavy atom. The van der Waals surface area contributed by atoms with E-state index in [9.17, 15) is 71.6 Å². The summed E-state index contributed by atoms with van der Waals surface area (Å²) in [5.41, 5.74) is 12.2. The lowest BCUT2D eigenvalue weighted by atomic mass is 10.0. The number of carboxylic acids is 3. The third-order valence-electron chi connectivity index (χ3n) is 12.0. The van der Waals surface area contributed by atoms with Gasteiger partial charge in [0, 0.05) is 24.5 Å². The van der Waals surface area contributed by atoms with Crippen molar-refractivity contribution in [2.24, 2.45) is 11.5 Å². The van der Waals surface area contributed by atoms with Gasteiger partial charge in [-0.15, -0.1) is 0 Å². The Balaban J connectivity index is 1.17. The fourth-order valence-corrected chi connectivity index (χ4v) is 8.42. The molecule has 2 amide bonds. The smallest absolute Gasteiger partial charge is 0.489 e. The van der Waals surface area contributed by atoms with Crippen LogP contribution in [0.15, 0.2) is 72.8 Å². The lowest BCUT2D eigenvalue weighted by Gasteiger charge is -2.29. The number of benzene rings is 4. The van der Waals surface area contributed by atoms with E-state index in [1.807, 2.05) is 0 Å². The van der Waals surface area contributed by atoms with Crippen LogP contribution in [0.25, 0.3) is 0 Å². The third-order valence-corrected chi connectivity index (χ3v) is 12.0. The van der Waals surface area contributed by atoms with Crippen LogP contribution in [-0.2, 0) is 51.0 Å². The van der Waals surface area contributed by atoms with Crippen LogP contribution in [0.3, 0.4) is 0 Å². The van der Waals surface area contributed by atoms with Gasteiger partial charge in [-0.1, -0.05) is 12.1 Å². The van der Waals surface area contributed by atoms with Crippen LogP contribution in [0.5, 0.6) is 23.0 Å². The van der Waals surface area contributed by atoms with Gasteiger partial charge >= 0.3 is 48.0 Å². The highest BCUT2D eigenvalue weighted by atomic mass is 19.4. The van der Waals surface area contributed by atoms with Crippen molar-refractivity contribution >= 4 is 76.9 Å². The molecule has 0 radical (unpaired) electrons. The van der Waals surface area contributed by atoms with Crippen molar-refractivity contribution in [3.05, 3.63) is 106 Å². The molecule has 0 aliphatic carbocycles. The number of esters is 4. The molecule has 2 aliphatic rings. The van der Waals surface area contributed by atoms with Gasteiger partial charge in [0.1, 0.15) is 12.1 Å². The van der Waals surface area contributed by atoms with E-state index in [2.05, 4.69) is 15.4 Å². The molecular formula is C52H53F3N8O19. The lowest BCUT2D eigenvalue weighted by molar-refractivity contribution is -0.202. The van der Waals surface area contributed by atoms with Crippen LogP contribution in [-0.4, -0.2) is 162 Å². The first-order valence-electron chi connectivity index (χ1n) is 24.6. The Hall–Kier alpha value is -9.84. The highest BCUT2D eigenvalue weighted by Crippen LogP contribution is 2.37. The number of ether oxygens (including phenoxy) is 7. The Morgan fingerprint density at radius 2 is 1.06 bits per heavy atom. The first kappa shape index (κ1) is 61.4. The first-order chi connectivity index (χ1) is 38.9. The molecule has 0 unspecified atom stereocenters. The van der Waals surface area contributed by atoms with Gasteiger partial charge in [-0.2, -0.15) is 13.2 Å². The van der Waals surface area contributed by atoms with E-state index in [1.54, 1.807) is 12.1 Å². The van der Waals surface area contributed by atoms with Crippen molar-refractivity contribution in [3.63, 3.8) is 0 Å². The monoisotopic (exact) mass is 1150 g/mol. The molecule has 0 aromatic heterocycles. The van der Waals surface area contributed by atoms with Crippen molar-refractivity contribution in [2.45, 2.75) is 56.8 Å². The fraction of sp³-hybridized carbons (Fsp3) is 0.327. The molecular weight excluding hydrogens is 1100 g/mol. The molecule has 0 spiro atoms. The summed E-state index contributed by atoms with van der Waals surface area (Å²) in [7, 11) is 0. The summed E-state index contributed by atoms with van der Waals surface area (Å²) in [6, 6.07) is 12.2. The quantitative estimate of drug-likeness (QED) is 0.0144. The second-order valence-electron chi connectivity index (χ2n) is 17.8. The van der Waals surface area contributed by atoms with Crippen molar-refractivity contribution in [1.82, 2.24) is 9.80 Å². The van der Waals surface area contributed by atoms with Gasteiger partial charge in [0.2, 0.25) is 0 Å². The number of para-hydroxylation sites is 2. The number of rotatable bonds is 21. The Morgan fingerprint density at radius 3 is 1.45 bits per heavy atom. The molecule has 30 heteroatoms. The maximum Gasteiger partial charge on any atom is 0.491 e. The van der Waals surface area contributed by atoms with Crippen LogP contribution in [0.4, 0.5) is 24.5 Å². The number of guanidine groups is 2. The second kappa shape index (κ2) is 27.8. The molecule has 82 heavy (non-hydrogen) atoms. The molecule has 2 atom stereocenters. The molecule has 2 aliphatic heterocycles. The molecule has 6 rings (SSSR count). The van der Waals surface area contributed by atoms with E-state index in [1.165, 1.54) is 54.6 Å². The predicted molar refractivity (Wildman–Crippen MR) is 275 cm³/mol. The van der Waals surface area contributed by atoms with Crippen molar-refractivity contribution in [2.75, 3.05) is 63.4 Å². The van der Waals surface area contributed by atoms with Gasteiger partial charge in [-0.3, -0.25) is 30.0 Å². The van der Waals surface area contributed by atoms with Crippen LogP contribution in [0.1, 0.15) is 78.2 Å². The van der Waals surface area contributed by atoms with Crippen LogP contribution < -0.4 is 41.0 Å². The number of nitrogens with two attached hydrogens (primary N) is 2. The Bertz CT molecular complexity index is 3160. The number of hydrogen-bond acceptors (Lipinski definition) is 18. The molecule has 436 valence electrons. The number of nitrogens with one attached hydrogen (secondary N) is 4. The van der Waals surface area contributed by atoms with E-state index >= 15 is 0 Å². The molecule has 2 heterocycles. The van der Waals surface area contributed by atoms with E-state index in [4.69, 9.17) is 50.7 Å². The minimum absolute atomic E-state index is 0.0572. The fourth-order valence-electron chi connectivity index (χ4n) is 8.42. The number of carboxylic acid groups (broad SMARTS) is 3. The average Bonchev–Trinajstić information content (AvgIpc) is 3.34. The number of alkyl halides is 3. The number of aliphatic carboxylic acids is 3. The molecule has 0 saturated carbocycles. The maximum absolute atomic E-state index is 14.5. The largest absolute Gasteiger partial charge is 0.491 e. The van der Waals surface area contributed by atoms with Crippen molar-refractivity contribution < 1.29 is 105 Å². The maximum atomic E-state index is 14.5. The number of carbonyl (C=O) groups excluding carboxylic acids is 6. The molecule has 4 aromatic rings. The van der Waals surface area contributed by atoms with Gasteiger partial charge in [0.15, 0.2) is 34.9 Å². The predicted octanol–water partition coefficient (Wildman–Crippen LogP) is 3.41. The van der Waals surface area contributed by atoms with Gasteiger partial charge in [-0.25, -0.2) is 24.0 Å². The number of nitrogens with zero attached hydrogens (tertiary/aromatic N) is 2. The van der Waals surface area contributed by atoms with Crippen molar-refractivity contribution in [1.29, 1.82) is 10.8 Å². The minimum Gasteiger partial charge on any atom is -0.489 e. The summed E-state index contributed by atoms with van der Waals surface area (Å²) in [6.45, 7) is -3.32. The Labute approximate surface area is 462 Å². The average molecular weight is 1150 g/mol. The summed E-state index contributed by atoms with van der Waals surface area (Å²) in [5.74, 6) is -16.1. The normalized spacial score (nSPS) is 13.8. The zero-order valence-corrected chi connectivity index (χ0v) is 43.0. The van der Waals surface area contributed by atoms with E-state index in [-0.39, 0.29) is 104 Å². The number of hydrogen-bond donors (Lipinski definition) is 9. The summed E-state index contributed by atoms with van der Waals surface area (Å²) < 4.78 is 77.3. The topological polar surface area (TPSA) is 409 Å². The number of carbonyl (C=O) groups is 9. The molecule has 0 saturated heterocycles. The minimum atomic E-state index is -5.66.